The molecular weight excluding hydrogens is 294 g/mol. The van der Waals surface area contributed by atoms with Gasteiger partial charge in [0.2, 0.25) is 0 Å². The van der Waals surface area contributed by atoms with Crippen molar-refractivity contribution in [2.45, 2.75) is 25.6 Å². The van der Waals surface area contributed by atoms with Crippen LogP contribution in [-0.4, -0.2) is 24.3 Å². The molecule has 0 amide bonds. The minimum atomic E-state index is -5.06. The first-order valence-electron chi connectivity index (χ1n) is 5.31. The third-order valence-corrected chi connectivity index (χ3v) is 2.07. The zero-order chi connectivity index (χ0) is 15.6. The molecule has 1 N–H and O–H groups in total. The summed E-state index contributed by atoms with van der Waals surface area (Å²) in [7, 11) is 0. The second-order valence-corrected chi connectivity index (χ2v) is 3.66. The smallest absolute Gasteiger partial charge is 0.494 e. The Morgan fingerprint density at radius 1 is 1.05 bits per heavy atom. The molecule has 0 heterocycles. The van der Waals surface area contributed by atoms with Crippen LogP contribution in [0, 0.1) is 0 Å². The van der Waals surface area contributed by atoms with Gasteiger partial charge in [-0.2, -0.15) is 13.2 Å². The van der Waals surface area contributed by atoms with Gasteiger partial charge in [-0.25, -0.2) is 0 Å². The van der Waals surface area contributed by atoms with Crippen molar-refractivity contribution in [2.75, 3.05) is 6.61 Å². The van der Waals surface area contributed by atoms with Crippen molar-refractivity contribution in [2.24, 2.45) is 0 Å². The first kappa shape index (κ1) is 16.4. The Hall–Kier alpha value is -1.64. The van der Waals surface area contributed by atoms with Crippen molar-refractivity contribution in [3.8, 4) is 11.5 Å². The van der Waals surface area contributed by atoms with E-state index in [0.29, 0.717) is 6.07 Å². The molecule has 0 radical (unpaired) electrons. The van der Waals surface area contributed by atoms with Gasteiger partial charge in [0.25, 0.3) is 0 Å². The molecule has 0 saturated carbocycles. The van der Waals surface area contributed by atoms with E-state index in [1.54, 1.807) is 0 Å². The number of alkyl halides is 6. The van der Waals surface area contributed by atoms with E-state index in [1.165, 1.54) is 6.92 Å². The average Bonchev–Trinajstić information content (AvgIpc) is 2.24. The highest BCUT2D eigenvalue weighted by Crippen LogP contribution is 2.37. The summed E-state index contributed by atoms with van der Waals surface area (Å²) in [6.07, 6.45) is -13.0. The van der Waals surface area contributed by atoms with Crippen molar-refractivity contribution >= 4 is 0 Å². The lowest BCUT2D eigenvalue weighted by molar-refractivity contribution is -0.274. The van der Waals surface area contributed by atoms with Crippen LogP contribution in [0.1, 0.15) is 18.6 Å². The highest BCUT2D eigenvalue weighted by atomic mass is 19.4. The molecule has 0 spiro atoms. The quantitative estimate of drug-likeness (QED) is 0.864. The average molecular weight is 304 g/mol. The topological polar surface area (TPSA) is 38.7 Å². The number of rotatable bonds is 4. The largest absolute Gasteiger partial charge is 0.573 e. The van der Waals surface area contributed by atoms with E-state index < -0.39 is 30.0 Å². The Labute approximate surface area is 109 Å². The van der Waals surface area contributed by atoms with Crippen molar-refractivity contribution < 1.29 is 40.9 Å². The third kappa shape index (κ3) is 4.80. The fourth-order valence-electron chi connectivity index (χ4n) is 1.38. The fraction of sp³-hybridized carbons (Fsp3) is 0.455. The maximum absolute atomic E-state index is 12.4. The van der Waals surface area contributed by atoms with Gasteiger partial charge in [-0.05, 0) is 24.6 Å². The molecule has 0 aliphatic rings. The minimum absolute atomic E-state index is 0.0248. The maximum atomic E-state index is 12.4. The van der Waals surface area contributed by atoms with E-state index in [9.17, 15) is 26.3 Å². The number of hydrogen-bond donors (Lipinski definition) is 1. The lowest BCUT2D eigenvalue weighted by Gasteiger charge is -2.18. The molecule has 0 aliphatic carbocycles. The Bertz CT molecular complexity index is 454. The second-order valence-electron chi connectivity index (χ2n) is 3.66. The van der Waals surface area contributed by atoms with Crippen LogP contribution >= 0.6 is 0 Å². The summed E-state index contributed by atoms with van der Waals surface area (Å²) in [6.45, 7) is 1.52. The summed E-state index contributed by atoms with van der Waals surface area (Å²) in [5.41, 5.74) is -0.803. The van der Waals surface area contributed by atoms with Crippen molar-refractivity contribution in [1.29, 1.82) is 0 Å². The highest BCUT2D eigenvalue weighted by molar-refractivity contribution is 5.40. The van der Waals surface area contributed by atoms with Gasteiger partial charge in [0, 0.05) is 6.07 Å². The van der Waals surface area contributed by atoms with Crippen LogP contribution in [-0.2, 0) is 0 Å². The number of hydrogen-bond acceptors (Lipinski definition) is 3. The summed E-state index contributed by atoms with van der Waals surface area (Å²) < 4.78 is 81.7. The van der Waals surface area contributed by atoms with E-state index in [-0.39, 0.29) is 12.4 Å². The van der Waals surface area contributed by atoms with Gasteiger partial charge in [-0.15, -0.1) is 13.2 Å². The summed E-state index contributed by atoms with van der Waals surface area (Å²) in [5.74, 6) is -1.17. The summed E-state index contributed by atoms with van der Waals surface area (Å²) in [5, 5.41) is 9.06. The molecule has 0 aliphatic heterocycles. The summed E-state index contributed by atoms with van der Waals surface area (Å²) >= 11 is 0. The van der Waals surface area contributed by atoms with Crippen LogP contribution in [0.15, 0.2) is 18.2 Å². The van der Waals surface area contributed by atoms with Crippen LogP contribution in [0.2, 0.25) is 0 Å². The highest BCUT2D eigenvalue weighted by Gasteiger charge is 2.40. The van der Waals surface area contributed by atoms with E-state index >= 15 is 0 Å². The summed E-state index contributed by atoms with van der Waals surface area (Å²) in [6, 6.07) is 2.03. The lowest BCUT2D eigenvalue weighted by Crippen LogP contribution is -2.21. The minimum Gasteiger partial charge on any atom is -0.494 e. The van der Waals surface area contributed by atoms with Gasteiger partial charge in [0.05, 0.1) is 6.61 Å². The lowest BCUT2D eigenvalue weighted by atomic mass is 10.1. The molecule has 1 aromatic rings. The summed E-state index contributed by atoms with van der Waals surface area (Å²) in [4.78, 5) is 0. The first-order chi connectivity index (χ1) is 9.03. The standard InChI is InChI=1S/C11H10F6O3/c1-2-19-7-3-6(9(18)10(12,13)14)4-8(5-7)20-11(15,16)17/h3-5,9,18H,2H2,1H3. The van der Waals surface area contributed by atoms with Gasteiger partial charge in [0.15, 0.2) is 6.10 Å². The Morgan fingerprint density at radius 2 is 1.60 bits per heavy atom. The number of aliphatic hydroxyl groups is 1. The molecule has 3 nitrogen and oxygen atoms in total. The van der Waals surface area contributed by atoms with Gasteiger partial charge in [-0.1, -0.05) is 0 Å². The van der Waals surface area contributed by atoms with Crippen molar-refractivity contribution in [1.82, 2.24) is 0 Å². The maximum Gasteiger partial charge on any atom is 0.573 e. The number of benzene rings is 1. The SMILES string of the molecule is CCOc1cc(OC(F)(F)F)cc(C(O)C(F)(F)F)c1. The van der Waals surface area contributed by atoms with E-state index in [2.05, 4.69) is 4.74 Å². The molecule has 9 heteroatoms. The molecule has 0 bridgehead atoms. The molecule has 1 rings (SSSR count). The number of halogens is 6. The molecular formula is C11H10F6O3. The van der Waals surface area contributed by atoms with E-state index in [4.69, 9.17) is 9.84 Å². The van der Waals surface area contributed by atoms with Gasteiger partial charge < -0.3 is 14.6 Å². The molecule has 20 heavy (non-hydrogen) atoms. The van der Waals surface area contributed by atoms with E-state index in [0.717, 1.165) is 12.1 Å². The Morgan fingerprint density at radius 3 is 2.05 bits per heavy atom. The van der Waals surface area contributed by atoms with Crippen LogP contribution in [0.5, 0.6) is 11.5 Å². The zero-order valence-corrected chi connectivity index (χ0v) is 10.0. The van der Waals surface area contributed by atoms with Gasteiger partial charge in [0.1, 0.15) is 11.5 Å². The van der Waals surface area contributed by atoms with Gasteiger partial charge in [-0.3, -0.25) is 0 Å². The number of ether oxygens (including phenoxy) is 2. The van der Waals surface area contributed by atoms with Crippen molar-refractivity contribution in [3.05, 3.63) is 23.8 Å². The molecule has 114 valence electrons. The Kier molecular flexibility index (Phi) is 4.74. The number of aliphatic hydroxyl groups excluding tert-OH is 1. The molecule has 0 aromatic heterocycles. The second kappa shape index (κ2) is 5.78. The fourth-order valence-corrected chi connectivity index (χ4v) is 1.38. The predicted octanol–water partition coefficient (Wildman–Crippen LogP) is 3.58. The van der Waals surface area contributed by atoms with Crippen molar-refractivity contribution in [3.63, 3.8) is 0 Å². The first-order valence-corrected chi connectivity index (χ1v) is 5.31. The van der Waals surface area contributed by atoms with Crippen LogP contribution < -0.4 is 9.47 Å². The molecule has 1 atom stereocenters. The third-order valence-electron chi connectivity index (χ3n) is 2.07. The molecule has 0 fully saturated rings. The zero-order valence-electron chi connectivity index (χ0n) is 10.0. The molecule has 1 unspecified atom stereocenters. The van der Waals surface area contributed by atoms with Gasteiger partial charge >= 0.3 is 12.5 Å². The van der Waals surface area contributed by atoms with Crippen LogP contribution in [0.4, 0.5) is 26.3 Å². The monoisotopic (exact) mass is 304 g/mol. The normalized spacial score (nSPS) is 14.0. The predicted molar refractivity (Wildman–Crippen MR) is 55.3 cm³/mol. The Balaban J connectivity index is 3.17. The van der Waals surface area contributed by atoms with Crippen LogP contribution in [0.25, 0.3) is 0 Å². The van der Waals surface area contributed by atoms with Crippen LogP contribution in [0.3, 0.4) is 0 Å². The molecule has 1 aromatic carbocycles. The molecule has 0 saturated heterocycles. The van der Waals surface area contributed by atoms with E-state index in [1.807, 2.05) is 0 Å².